The zero-order valence-electron chi connectivity index (χ0n) is 9.98. The largest absolute Gasteiger partial charge is 0.480 e. The van der Waals surface area contributed by atoms with E-state index in [2.05, 4.69) is 10.6 Å². The first-order chi connectivity index (χ1) is 8.80. The molecule has 4 unspecified atom stereocenters. The van der Waals surface area contributed by atoms with Crippen LogP contribution in [0.2, 0.25) is 0 Å². The molecule has 108 valence electrons. The van der Waals surface area contributed by atoms with Gasteiger partial charge in [-0.05, 0) is 0 Å². The normalized spacial score (nSPS) is 43.8. The van der Waals surface area contributed by atoms with Crippen LogP contribution in [-0.4, -0.2) is 75.3 Å². The Morgan fingerprint density at radius 3 is 1.68 bits per heavy atom. The zero-order chi connectivity index (χ0) is 14.4. The van der Waals surface area contributed by atoms with E-state index in [0.717, 1.165) is 0 Å². The van der Waals surface area contributed by atoms with Crippen molar-refractivity contribution in [1.82, 2.24) is 10.6 Å². The Bertz CT molecular complexity index is 371. The summed E-state index contributed by atoms with van der Waals surface area (Å²) in [5.41, 5.74) is 5.02. The minimum atomic E-state index is -1.09. The van der Waals surface area contributed by atoms with Crippen molar-refractivity contribution in [3.05, 3.63) is 0 Å². The molecule has 0 radical (unpaired) electrons. The van der Waals surface area contributed by atoms with E-state index in [1.165, 1.54) is 0 Å². The van der Waals surface area contributed by atoms with Crippen LogP contribution in [0.25, 0.3) is 0 Å². The number of rotatable bonds is 6. The zero-order valence-corrected chi connectivity index (χ0v) is 9.98. The molecule has 9 heteroatoms. The third-order valence-electron chi connectivity index (χ3n) is 4.02. The Kier molecular flexibility index (Phi) is 3.49. The summed E-state index contributed by atoms with van der Waals surface area (Å²) in [6, 6.07) is -1.38. The van der Waals surface area contributed by atoms with Gasteiger partial charge in [-0.25, -0.2) is 0 Å². The average molecular weight is 275 g/mol. The van der Waals surface area contributed by atoms with Crippen molar-refractivity contribution in [3.8, 4) is 0 Å². The van der Waals surface area contributed by atoms with Gasteiger partial charge in [-0.15, -0.1) is 0 Å². The van der Waals surface area contributed by atoms with Crippen molar-refractivity contribution in [3.63, 3.8) is 0 Å². The summed E-state index contributed by atoms with van der Waals surface area (Å²) in [6.45, 7) is -0.732. The van der Waals surface area contributed by atoms with Gasteiger partial charge in [0.25, 0.3) is 0 Å². The number of hydrogen-bond donors (Lipinski definition) is 7. The maximum absolute atomic E-state index is 10.5. The molecule has 0 bridgehead atoms. The summed E-state index contributed by atoms with van der Waals surface area (Å²) < 4.78 is 0. The number of aliphatic hydroxyl groups is 2. The number of nitrogens with two attached hydrogens (primary N) is 1. The van der Waals surface area contributed by atoms with Crippen LogP contribution in [0.5, 0.6) is 0 Å². The summed E-state index contributed by atoms with van der Waals surface area (Å²) in [5, 5.41) is 42.0. The third kappa shape index (κ3) is 1.99. The predicted molar refractivity (Wildman–Crippen MR) is 61.3 cm³/mol. The number of nitrogens with one attached hydrogen (secondary N) is 2. The van der Waals surface area contributed by atoms with Gasteiger partial charge in [0.05, 0.1) is 42.9 Å². The maximum atomic E-state index is 10.5. The van der Waals surface area contributed by atoms with Crippen molar-refractivity contribution in [2.24, 2.45) is 11.7 Å². The molecule has 4 atom stereocenters. The standard InChI is InChI=1S/C10H17N3O6/c11-10-5(6(18)8(10)12-1-3(14)15)7(19)9(10)13-2-4(16)17/h5-9,12-13,18-19H,1-2,11H2,(H,14,15)(H,16,17). The minimum Gasteiger partial charge on any atom is -0.480 e. The second-order valence-electron chi connectivity index (χ2n) is 5.01. The highest BCUT2D eigenvalue weighted by Gasteiger charge is 2.75. The van der Waals surface area contributed by atoms with Gasteiger partial charge >= 0.3 is 11.9 Å². The van der Waals surface area contributed by atoms with E-state index in [4.69, 9.17) is 15.9 Å². The van der Waals surface area contributed by atoms with E-state index in [0.29, 0.717) is 0 Å². The van der Waals surface area contributed by atoms with Gasteiger partial charge in [-0.3, -0.25) is 20.2 Å². The summed E-state index contributed by atoms with van der Waals surface area (Å²) in [7, 11) is 0. The van der Waals surface area contributed by atoms with Crippen LogP contribution < -0.4 is 16.4 Å². The molecule has 9 nitrogen and oxygen atoms in total. The molecule has 0 saturated heterocycles. The molecule has 0 aromatic rings. The van der Waals surface area contributed by atoms with Crippen molar-refractivity contribution in [2.75, 3.05) is 13.1 Å². The lowest BCUT2D eigenvalue weighted by atomic mass is 9.44. The quantitative estimate of drug-likeness (QED) is 0.257. The van der Waals surface area contributed by atoms with Crippen LogP contribution in [-0.2, 0) is 9.59 Å². The van der Waals surface area contributed by atoms with Gasteiger partial charge in [0.1, 0.15) is 0 Å². The lowest BCUT2D eigenvalue weighted by Crippen LogP contribution is -2.96. The van der Waals surface area contributed by atoms with E-state index >= 15 is 0 Å². The topological polar surface area (TPSA) is 165 Å². The van der Waals surface area contributed by atoms with Crippen LogP contribution in [0.1, 0.15) is 0 Å². The molecule has 2 aliphatic carbocycles. The number of hydrogen-bond acceptors (Lipinski definition) is 7. The van der Waals surface area contributed by atoms with E-state index in [1.54, 1.807) is 0 Å². The number of fused-ring (bicyclic) bond motifs is 1. The monoisotopic (exact) mass is 275 g/mol. The molecule has 2 saturated carbocycles. The molecule has 0 amide bonds. The lowest BCUT2D eigenvalue weighted by Gasteiger charge is -2.71. The van der Waals surface area contributed by atoms with E-state index < -0.39 is 47.7 Å². The van der Waals surface area contributed by atoms with Gasteiger partial charge in [0, 0.05) is 5.92 Å². The first kappa shape index (κ1) is 14.2. The number of carbonyl (C=O) groups is 2. The van der Waals surface area contributed by atoms with Crippen molar-refractivity contribution in [1.29, 1.82) is 0 Å². The Morgan fingerprint density at radius 1 is 1.00 bits per heavy atom. The number of carboxylic acid groups (broad SMARTS) is 2. The first-order valence-corrected chi connectivity index (χ1v) is 5.85. The average Bonchev–Trinajstić information content (AvgIpc) is 2.27. The van der Waals surface area contributed by atoms with Crippen LogP contribution in [0.15, 0.2) is 0 Å². The fourth-order valence-electron chi connectivity index (χ4n) is 3.16. The molecule has 2 rings (SSSR count). The molecular weight excluding hydrogens is 258 g/mol. The SMILES string of the molecule is NC12C(NCC(=O)O)C(O)C1C(O)C2NCC(=O)O. The fraction of sp³-hybridized carbons (Fsp3) is 0.800. The van der Waals surface area contributed by atoms with Gasteiger partial charge in [0.2, 0.25) is 0 Å². The summed E-state index contributed by atoms with van der Waals surface area (Å²) in [4.78, 5) is 21.0. The van der Waals surface area contributed by atoms with Gasteiger partial charge < -0.3 is 26.2 Å². The number of aliphatic carboxylic acids is 2. The Labute approximate surface area is 108 Å². The molecule has 8 N–H and O–H groups in total. The molecule has 0 aliphatic heterocycles. The smallest absolute Gasteiger partial charge is 0.317 e. The summed E-state index contributed by atoms with van der Waals surface area (Å²) in [6.07, 6.45) is -1.88. The maximum Gasteiger partial charge on any atom is 0.317 e. The number of aliphatic hydroxyl groups excluding tert-OH is 2. The molecule has 19 heavy (non-hydrogen) atoms. The first-order valence-electron chi connectivity index (χ1n) is 5.85. The van der Waals surface area contributed by atoms with Gasteiger partial charge in [-0.1, -0.05) is 0 Å². The lowest BCUT2D eigenvalue weighted by molar-refractivity contribution is -0.236. The predicted octanol–water partition coefficient (Wildman–Crippen LogP) is -3.87. The molecule has 0 aromatic carbocycles. The van der Waals surface area contributed by atoms with E-state index in [1.807, 2.05) is 0 Å². The summed E-state index contributed by atoms with van der Waals surface area (Å²) in [5.74, 6) is -2.76. The van der Waals surface area contributed by atoms with Crippen LogP contribution in [0.4, 0.5) is 0 Å². The highest BCUT2D eigenvalue weighted by Crippen LogP contribution is 2.52. The van der Waals surface area contributed by atoms with E-state index in [-0.39, 0.29) is 13.1 Å². The van der Waals surface area contributed by atoms with E-state index in [9.17, 15) is 19.8 Å². The van der Waals surface area contributed by atoms with Gasteiger partial charge in [0.15, 0.2) is 0 Å². The third-order valence-corrected chi connectivity index (χ3v) is 4.02. The second kappa shape index (κ2) is 4.69. The van der Waals surface area contributed by atoms with Crippen LogP contribution in [0, 0.1) is 5.92 Å². The Balaban J connectivity index is 2.00. The van der Waals surface area contributed by atoms with Crippen LogP contribution in [0.3, 0.4) is 0 Å². The summed E-state index contributed by atoms with van der Waals surface area (Å²) >= 11 is 0. The highest BCUT2D eigenvalue weighted by molar-refractivity contribution is 5.69. The second-order valence-corrected chi connectivity index (χ2v) is 5.01. The Hall–Kier alpha value is -1.26. The van der Waals surface area contributed by atoms with Crippen molar-refractivity contribution < 1.29 is 30.0 Å². The van der Waals surface area contributed by atoms with Crippen LogP contribution >= 0.6 is 0 Å². The Morgan fingerprint density at radius 2 is 1.37 bits per heavy atom. The molecule has 2 fully saturated rings. The van der Waals surface area contributed by atoms with Crippen molar-refractivity contribution >= 4 is 11.9 Å². The molecule has 2 aliphatic rings. The minimum absolute atomic E-state index is 0.366. The fourth-order valence-corrected chi connectivity index (χ4v) is 3.16. The number of carboxylic acids is 2. The molecule has 0 spiro atoms. The molecule has 0 heterocycles. The molecular formula is C10H17N3O6. The highest BCUT2D eigenvalue weighted by atomic mass is 16.4. The van der Waals surface area contributed by atoms with Crippen molar-refractivity contribution in [2.45, 2.75) is 29.8 Å². The molecule has 0 aromatic heterocycles. The van der Waals surface area contributed by atoms with Gasteiger partial charge in [-0.2, -0.15) is 0 Å².